The van der Waals surface area contributed by atoms with Gasteiger partial charge in [0.15, 0.2) is 0 Å². The molecule has 72 valence electrons. The molecule has 12 heavy (non-hydrogen) atoms. The van der Waals surface area contributed by atoms with Gasteiger partial charge in [-0.25, -0.2) is 0 Å². The third kappa shape index (κ3) is 5.19. The normalized spacial score (nSPS) is 22.2. The third-order valence-electron chi connectivity index (χ3n) is 1.71. The molecular formula is C10H22N2. The summed E-state index contributed by atoms with van der Waals surface area (Å²) in [5.74, 6) is 0. The van der Waals surface area contributed by atoms with Gasteiger partial charge >= 0.3 is 0 Å². The van der Waals surface area contributed by atoms with E-state index in [4.69, 9.17) is 0 Å². The highest BCUT2D eigenvalue weighted by molar-refractivity contribution is 4.94. The summed E-state index contributed by atoms with van der Waals surface area (Å²) in [7, 11) is 4.09. The first-order valence-electron chi connectivity index (χ1n) is 4.87. The van der Waals surface area contributed by atoms with Crippen LogP contribution in [0.2, 0.25) is 0 Å². The molecule has 0 amide bonds. The highest BCUT2D eigenvalue weighted by Gasteiger charge is 2.09. The van der Waals surface area contributed by atoms with Crippen LogP contribution in [0.15, 0.2) is 12.3 Å². The van der Waals surface area contributed by atoms with E-state index in [1.165, 1.54) is 19.4 Å². The standard InChI is InChI=1S/C8H16N2.C2H6/c1-10(2)7-5-8-4-3-6-9-8;1-2/h5,7-9H,3-4,6H2,1-2H3;1-2H3. The highest BCUT2D eigenvalue weighted by atomic mass is 15.0. The number of hydrogen-bond donors (Lipinski definition) is 1. The smallest absolute Gasteiger partial charge is 0.0267 e. The Balaban J connectivity index is 0.000000561. The van der Waals surface area contributed by atoms with Crippen molar-refractivity contribution in [3.8, 4) is 0 Å². The van der Waals surface area contributed by atoms with Crippen molar-refractivity contribution in [2.24, 2.45) is 0 Å². The van der Waals surface area contributed by atoms with E-state index < -0.39 is 0 Å². The van der Waals surface area contributed by atoms with Gasteiger partial charge in [0.05, 0.1) is 0 Å². The Morgan fingerprint density at radius 1 is 1.33 bits per heavy atom. The molecule has 0 aromatic heterocycles. The second-order valence-corrected chi connectivity index (χ2v) is 3.01. The maximum absolute atomic E-state index is 3.40. The molecule has 0 radical (unpaired) electrons. The molecule has 1 atom stereocenters. The summed E-state index contributed by atoms with van der Waals surface area (Å²) in [6.45, 7) is 5.18. The first-order valence-corrected chi connectivity index (χ1v) is 4.87. The van der Waals surface area contributed by atoms with Crippen LogP contribution in [-0.2, 0) is 0 Å². The first kappa shape index (κ1) is 11.5. The number of nitrogens with zero attached hydrogens (tertiary/aromatic N) is 1. The predicted octanol–water partition coefficient (Wildman–Crippen LogP) is 1.84. The summed E-state index contributed by atoms with van der Waals surface area (Å²) >= 11 is 0. The summed E-state index contributed by atoms with van der Waals surface area (Å²) < 4.78 is 0. The minimum atomic E-state index is 0.627. The molecule has 0 spiro atoms. The molecule has 1 N–H and O–H groups in total. The van der Waals surface area contributed by atoms with E-state index in [2.05, 4.69) is 22.5 Å². The maximum Gasteiger partial charge on any atom is 0.0267 e. The Bertz CT molecular complexity index is 113. The van der Waals surface area contributed by atoms with Crippen LogP contribution in [-0.4, -0.2) is 31.6 Å². The molecule has 2 heteroatoms. The lowest BCUT2D eigenvalue weighted by Gasteiger charge is -2.06. The Labute approximate surface area is 76.6 Å². The van der Waals surface area contributed by atoms with Crippen LogP contribution in [0.25, 0.3) is 0 Å². The molecule has 0 aromatic carbocycles. The van der Waals surface area contributed by atoms with Crippen LogP contribution in [0.5, 0.6) is 0 Å². The minimum Gasteiger partial charge on any atom is -0.384 e. The van der Waals surface area contributed by atoms with Crippen LogP contribution in [0.4, 0.5) is 0 Å². The van der Waals surface area contributed by atoms with E-state index in [9.17, 15) is 0 Å². The summed E-state index contributed by atoms with van der Waals surface area (Å²) in [6.07, 6.45) is 6.96. The van der Waals surface area contributed by atoms with Crippen molar-refractivity contribution in [1.29, 1.82) is 0 Å². The molecule has 1 aliphatic rings. The molecule has 1 rings (SSSR count). The topological polar surface area (TPSA) is 15.3 Å². The Hall–Kier alpha value is -0.500. The fourth-order valence-corrected chi connectivity index (χ4v) is 1.15. The van der Waals surface area contributed by atoms with Crippen molar-refractivity contribution >= 4 is 0 Å². The van der Waals surface area contributed by atoms with Gasteiger partial charge in [-0.15, -0.1) is 0 Å². The fraction of sp³-hybridized carbons (Fsp3) is 0.800. The predicted molar refractivity (Wildman–Crippen MR) is 55.2 cm³/mol. The van der Waals surface area contributed by atoms with Crippen molar-refractivity contribution in [1.82, 2.24) is 10.2 Å². The zero-order valence-corrected chi connectivity index (χ0v) is 8.80. The van der Waals surface area contributed by atoms with E-state index in [-0.39, 0.29) is 0 Å². The quantitative estimate of drug-likeness (QED) is 0.680. The van der Waals surface area contributed by atoms with Gasteiger partial charge in [-0.05, 0) is 25.6 Å². The molecular weight excluding hydrogens is 148 g/mol. The van der Waals surface area contributed by atoms with Gasteiger partial charge < -0.3 is 10.2 Å². The van der Waals surface area contributed by atoms with Crippen molar-refractivity contribution in [2.75, 3.05) is 20.6 Å². The lowest BCUT2D eigenvalue weighted by atomic mass is 10.2. The first-order chi connectivity index (χ1) is 5.79. The van der Waals surface area contributed by atoms with E-state index in [1.54, 1.807) is 0 Å². The molecule has 1 saturated heterocycles. The summed E-state index contributed by atoms with van der Waals surface area (Å²) in [6, 6.07) is 0.627. The largest absolute Gasteiger partial charge is 0.384 e. The lowest BCUT2D eigenvalue weighted by molar-refractivity contribution is 0.555. The van der Waals surface area contributed by atoms with Gasteiger partial charge in [-0.3, -0.25) is 0 Å². The molecule has 0 saturated carbocycles. The molecule has 1 fully saturated rings. The molecule has 1 aliphatic heterocycles. The van der Waals surface area contributed by atoms with E-state index in [0.717, 1.165) is 0 Å². The minimum absolute atomic E-state index is 0.627. The lowest BCUT2D eigenvalue weighted by Crippen LogP contribution is -2.19. The molecule has 0 aliphatic carbocycles. The highest BCUT2D eigenvalue weighted by Crippen LogP contribution is 2.05. The summed E-state index contributed by atoms with van der Waals surface area (Å²) in [5, 5.41) is 3.40. The van der Waals surface area contributed by atoms with E-state index >= 15 is 0 Å². The van der Waals surface area contributed by atoms with E-state index in [1.807, 2.05) is 27.9 Å². The van der Waals surface area contributed by atoms with Gasteiger partial charge in [-0.2, -0.15) is 0 Å². The van der Waals surface area contributed by atoms with Gasteiger partial charge in [0.25, 0.3) is 0 Å². The zero-order valence-electron chi connectivity index (χ0n) is 8.80. The van der Waals surface area contributed by atoms with Gasteiger partial charge in [0, 0.05) is 20.1 Å². The van der Waals surface area contributed by atoms with Crippen LogP contribution in [0.1, 0.15) is 26.7 Å². The number of hydrogen-bond acceptors (Lipinski definition) is 2. The fourth-order valence-electron chi connectivity index (χ4n) is 1.15. The van der Waals surface area contributed by atoms with Gasteiger partial charge in [-0.1, -0.05) is 19.9 Å². The molecule has 0 bridgehead atoms. The number of rotatable bonds is 2. The summed E-state index contributed by atoms with van der Waals surface area (Å²) in [4.78, 5) is 2.07. The monoisotopic (exact) mass is 170 g/mol. The Morgan fingerprint density at radius 2 is 2.00 bits per heavy atom. The van der Waals surface area contributed by atoms with Gasteiger partial charge in [0.1, 0.15) is 0 Å². The second-order valence-electron chi connectivity index (χ2n) is 3.01. The second kappa shape index (κ2) is 7.17. The van der Waals surface area contributed by atoms with E-state index in [0.29, 0.717) is 6.04 Å². The molecule has 1 heterocycles. The van der Waals surface area contributed by atoms with Crippen molar-refractivity contribution in [3.63, 3.8) is 0 Å². The maximum atomic E-state index is 3.40. The third-order valence-corrected chi connectivity index (χ3v) is 1.71. The van der Waals surface area contributed by atoms with Crippen LogP contribution >= 0.6 is 0 Å². The van der Waals surface area contributed by atoms with Crippen LogP contribution in [0, 0.1) is 0 Å². The van der Waals surface area contributed by atoms with Crippen molar-refractivity contribution < 1.29 is 0 Å². The SMILES string of the molecule is CC.CN(C)C=CC1CCCN1. The number of nitrogens with one attached hydrogen (secondary N) is 1. The average molecular weight is 170 g/mol. The molecule has 1 unspecified atom stereocenters. The molecule has 2 nitrogen and oxygen atoms in total. The van der Waals surface area contributed by atoms with Crippen LogP contribution < -0.4 is 5.32 Å². The zero-order chi connectivity index (χ0) is 9.40. The van der Waals surface area contributed by atoms with Gasteiger partial charge in [0.2, 0.25) is 0 Å². The molecule has 0 aromatic rings. The average Bonchev–Trinajstić information content (AvgIpc) is 2.56. The Morgan fingerprint density at radius 3 is 2.42 bits per heavy atom. The van der Waals surface area contributed by atoms with Crippen molar-refractivity contribution in [3.05, 3.63) is 12.3 Å². The van der Waals surface area contributed by atoms with Crippen molar-refractivity contribution in [2.45, 2.75) is 32.7 Å². The summed E-state index contributed by atoms with van der Waals surface area (Å²) in [5.41, 5.74) is 0. The Kier molecular flexibility index (Phi) is 6.87. The van der Waals surface area contributed by atoms with Crippen LogP contribution in [0.3, 0.4) is 0 Å².